The van der Waals surface area contributed by atoms with Gasteiger partial charge in [-0.05, 0) is 59.0 Å². The highest BCUT2D eigenvalue weighted by Crippen LogP contribution is 2.43. The van der Waals surface area contributed by atoms with E-state index in [-0.39, 0.29) is 22.7 Å². The number of Topliss-reactive ketones (excluding diaryl/α,β-unsaturated/α-hetero) is 1. The van der Waals surface area contributed by atoms with Crippen molar-refractivity contribution in [3.05, 3.63) is 89.3 Å². The average Bonchev–Trinajstić information content (AvgIpc) is 3.13. The number of nitrogens with zero attached hydrogens (tertiary/aromatic N) is 2. The van der Waals surface area contributed by atoms with Gasteiger partial charge in [0.25, 0.3) is 11.7 Å². The number of anilines is 2. The smallest absolute Gasteiger partial charge is 0.300 e. The Morgan fingerprint density at radius 3 is 2.35 bits per heavy atom. The molecule has 8 nitrogen and oxygen atoms in total. The zero-order valence-corrected chi connectivity index (χ0v) is 21.4. The fourth-order valence-corrected chi connectivity index (χ4v) is 4.37. The quantitative estimate of drug-likeness (QED) is 0.291. The van der Waals surface area contributed by atoms with Crippen LogP contribution in [0, 0.1) is 0 Å². The van der Waals surface area contributed by atoms with Crippen molar-refractivity contribution in [3.63, 3.8) is 0 Å². The highest BCUT2D eigenvalue weighted by Gasteiger charge is 2.47. The van der Waals surface area contributed by atoms with E-state index in [1.807, 2.05) is 26.8 Å². The van der Waals surface area contributed by atoms with Crippen molar-refractivity contribution in [3.8, 4) is 5.75 Å². The Morgan fingerprint density at radius 2 is 1.78 bits per heavy atom. The van der Waals surface area contributed by atoms with Crippen LogP contribution >= 0.6 is 0 Å². The fraction of sp³-hybridized carbons (Fsp3) is 0.241. The second-order valence-electron chi connectivity index (χ2n) is 9.85. The molecule has 190 valence electrons. The molecule has 1 saturated heterocycles. The van der Waals surface area contributed by atoms with Crippen LogP contribution in [0.4, 0.5) is 11.4 Å². The summed E-state index contributed by atoms with van der Waals surface area (Å²) in [5, 5.41) is 14.3. The van der Waals surface area contributed by atoms with E-state index < -0.39 is 17.7 Å². The van der Waals surface area contributed by atoms with Crippen LogP contribution in [-0.4, -0.2) is 34.8 Å². The van der Waals surface area contributed by atoms with E-state index in [4.69, 9.17) is 4.74 Å². The molecule has 0 spiro atoms. The second-order valence-corrected chi connectivity index (χ2v) is 9.85. The van der Waals surface area contributed by atoms with Crippen LogP contribution in [0.3, 0.4) is 0 Å². The minimum absolute atomic E-state index is 0.0618. The van der Waals surface area contributed by atoms with Crippen LogP contribution in [0.25, 0.3) is 5.76 Å². The highest BCUT2D eigenvalue weighted by molar-refractivity contribution is 6.51. The minimum Gasteiger partial charge on any atom is -0.507 e. The monoisotopic (exact) mass is 499 g/mol. The molecule has 8 heteroatoms. The van der Waals surface area contributed by atoms with Crippen LogP contribution in [-0.2, 0) is 19.8 Å². The number of rotatable bonds is 5. The average molecular weight is 500 g/mol. The molecule has 2 heterocycles. The SMILES string of the molecule is COc1ccc(C(C)(C)C)cc1/C(O)=C1\C(=O)C(=O)N(c2ccc(NC(C)=O)cc2)C1c1cccnc1. The lowest BCUT2D eigenvalue weighted by Crippen LogP contribution is -2.29. The predicted molar refractivity (Wildman–Crippen MR) is 141 cm³/mol. The number of aliphatic hydroxyl groups excluding tert-OH is 1. The first-order chi connectivity index (χ1) is 17.5. The van der Waals surface area contributed by atoms with Crippen LogP contribution in [0.5, 0.6) is 5.75 Å². The zero-order chi connectivity index (χ0) is 26.9. The molecule has 1 aromatic heterocycles. The van der Waals surface area contributed by atoms with E-state index in [1.165, 1.54) is 18.9 Å². The number of ether oxygens (including phenoxy) is 1. The van der Waals surface area contributed by atoms with E-state index in [2.05, 4.69) is 10.3 Å². The Morgan fingerprint density at radius 1 is 1.08 bits per heavy atom. The topological polar surface area (TPSA) is 109 Å². The van der Waals surface area contributed by atoms with Crippen LogP contribution in [0.1, 0.15) is 50.4 Å². The third-order valence-corrected chi connectivity index (χ3v) is 6.23. The number of carbonyl (C=O) groups excluding carboxylic acids is 3. The maximum Gasteiger partial charge on any atom is 0.300 e. The lowest BCUT2D eigenvalue weighted by molar-refractivity contribution is -0.132. The molecule has 0 aliphatic carbocycles. The Bertz CT molecular complexity index is 1390. The molecule has 1 unspecified atom stereocenters. The molecule has 1 aliphatic heterocycles. The van der Waals surface area contributed by atoms with Gasteiger partial charge in [-0.1, -0.05) is 32.9 Å². The number of pyridine rings is 1. The standard InChI is InChI=1S/C29H29N3O5/c1-17(33)31-20-9-11-21(12-10-20)32-25(18-7-6-14-30-16-18)24(27(35)28(32)36)26(34)22-15-19(29(2,3)4)8-13-23(22)37-5/h6-16,25,34H,1-5H3,(H,31,33)/b26-24+. The fourth-order valence-electron chi connectivity index (χ4n) is 4.37. The number of hydrogen-bond donors (Lipinski definition) is 2. The molecule has 2 N–H and O–H groups in total. The van der Waals surface area contributed by atoms with E-state index >= 15 is 0 Å². The Balaban J connectivity index is 1.92. The van der Waals surface area contributed by atoms with Gasteiger partial charge in [0, 0.05) is 30.7 Å². The van der Waals surface area contributed by atoms with Crippen molar-refractivity contribution < 1.29 is 24.2 Å². The van der Waals surface area contributed by atoms with Gasteiger partial charge in [0.05, 0.1) is 24.3 Å². The van der Waals surface area contributed by atoms with Crippen molar-refractivity contribution >= 4 is 34.7 Å². The lowest BCUT2D eigenvalue weighted by atomic mass is 9.85. The van der Waals surface area contributed by atoms with E-state index in [0.717, 1.165) is 5.56 Å². The summed E-state index contributed by atoms with van der Waals surface area (Å²) in [5.74, 6) is -1.78. The van der Waals surface area contributed by atoms with Gasteiger partial charge in [-0.2, -0.15) is 0 Å². The largest absolute Gasteiger partial charge is 0.507 e. The molecule has 1 atom stereocenters. The normalized spacial score (nSPS) is 17.1. The van der Waals surface area contributed by atoms with Gasteiger partial charge in [0.1, 0.15) is 11.5 Å². The lowest BCUT2D eigenvalue weighted by Gasteiger charge is -2.26. The molecule has 0 saturated carbocycles. The van der Waals surface area contributed by atoms with Crippen molar-refractivity contribution in [1.82, 2.24) is 4.98 Å². The summed E-state index contributed by atoms with van der Waals surface area (Å²) >= 11 is 0. The molecule has 1 fully saturated rings. The number of methoxy groups -OCH3 is 1. The zero-order valence-electron chi connectivity index (χ0n) is 21.4. The van der Waals surface area contributed by atoms with E-state index in [0.29, 0.717) is 28.3 Å². The molecule has 2 amide bonds. The number of amides is 2. The number of hydrogen-bond acceptors (Lipinski definition) is 6. The summed E-state index contributed by atoms with van der Waals surface area (Å²) < 4.78 is 5.50. The molecular weight excluding hydrogens is 470 g/mol. The van der Waals surface area contributed by atoms with Crippen LogP contribution in [0.2, 0.25) is 0 Å². The third-order valence-electron chi connectivity index (χ3n) is 6.23. The Kier molecular flexibility index (Phi) is 6.85. The van der Waals surface area contributed by atoms with Crippen molar-refractivity contribution in [1.29, 1.82) is 0 Å². The van der Waals surface area contributed by atoms with Crippen molar-refractivity contribution in [2.24, 2.45) is 0 Å². The van der Waals surface area contributed by atoms with Crippen molar-refractivity contribution in [2.75, 3.05) is 17.3 Å². The molecule has 0 radical (unpaired) electrons. The molecule has 3 aromatic rings. The summed E-state index contributed by atoms with van der Waals surface area (Å²) in [7, 11) is 1.48. The number of benzene rings is 2. The third kappa shape index (κ3) is 4.95. The predicted octanol–water partition coefficient (Wildman–Crippen LogP) is 4.97. The van der Waals surface area contributed by atoms with Crippen LogP contribution in [0.15, 0.2) is 72.6 Å². The summed E-state index contributed by atoms with van der Waals surface area (Å²) in [4.78, 5) is 43.8. The molecule has 1 aliphatic rings. The number of aromatic nitrogens is 1. The Labute approximate surface area is 215 Å². The van der Waals surface area contributed by atoms with Crippen LogP contribution < -0.4 is 15.0 Å². The van der Waals surface area contributed by atoms with Gasteiger partial charge in [0.2, 0.25) is 5.91 Å². The number of aliphatic hydroxyl groups is 1. The molecule has 2 aromatic carbocycles. The van der Waals surface area contributed by atoms with Gasteiger partial charge in [-0.3, -0.25) is 24.3 Å². The van der Waals surface area contributed by atoms with Gasteiger partial charge in [-0.15, -0.1) is 0 Å². The first-order valence-corrected chi connectivity index (χ1v) is 11.8. The van der Waals surface area contributed by atoms with Gasteiger partial charge < -0.3 is 15.2 Å². The molecule has 37 heavy (non-hydrogen) atoms. The Hall–Kier alpha value is -4.46. The molecule has 0 bridgehead atoms. The second kappa shape index (κ2) is 9.89. The van der Waals surface area contributed by atoms with E-state index in [1.54, 1.807) is 60.9 Å². The number of ketones is 1. The maximum absolute atomic E-state index is 13.5. The maximum atomic E-state index is 13.5. The van der Waals surface area contributed by atoms with Gasteiger partial charge in [-0.25, -0.2) is 0 Å². The summed E-state index contributed by atoms with van der Waals surface area (Å²) in [6.45, 7) is 7.52. The van der Waals surface area contributed by atoms with E-state index in [9.17, 15) is 19.5 Å². The highest BCUT2D eigenvalue weighted by atomic mass is 16.5. The summed E-state index contributed by atoms with van der Waals surface area (Å²) in [5.41, 5.74) is 2.49. The molecule has 4 rings (SSSR count). The number of nitrogens with one attached hydrogen (secondary N) is 1. The minimum atomic E-state index is -0.927. The first kappa shape index (κ1) is 25.6. The molecular formula is C29H29N3O5. The first-order valence-electron chi connectivity index (χ1n) is 11.8. The van der Waals surface area contributed by atoms with Crippen molar-refractivity contribution in [2.45, 2.75) is 39.2 Å². The summed E-state index contributed by atoms with van der Waals surface area (Å²) in [6.07, 6.45) is 3.15. The summed E-state index contributed by atoms with van der Waals surface area (Å²) in [6, 6.07) is 14.5. The number of carbonyl (C=O) groups is 3. The van der Waals surface area contributed by atoms with Gasteiger partial charge in [0.15, 0.2) is 0 Å². The van der Waals surface area contributed by atoms with Gasteiger partial charge >= 0.3 is 0 Å².